The highest BCUT2D eigenvalue weighted by Gasteiger charge is 2.13. The Morgan fingerprint density at radius 2 is 1.76 bits per heavy atom. The molecule has 4 aromatic rings. The molecule has 124 valence electrons. The fourth-order valence-electron chi connectivity index (χ4n) is 2.93. The lowest BCUT2D eigenvalue weighted by atomic mass is 10.1. The summed E-state index contributed by atoms with van der Waals surface area (Å²) in [5.41, 5.74) is 4.17. The lowest BCUT2D eigenvalue weighted by Crippen LogP contribution is -2.01. The van der Waals surface area contributed by atoms with E-state index >= 15 is 0 Å². The SMILES string of the molecule is Cc1cc(C)cc(Nc2ncnc3c2cnn3-c2ccccc2F)c1. The second-order valence-corrected chi connectivity index (χ2v) is 5.97. The van der Waals surface area contributed by atoms with Crippen LogP contribution in [0.1, 0.15) is 11.1 Å². The number of hydrogen-bond donors (Lipinski definition) is 1. The van der Waals surface area contributed by atoms with Crippen LogP contribution in [0.3, 0.4) is 0 Å². The molecule has 0 spiro atoms. The largest absolute Gasteiger partial charge is 0.340 e. The number of rotatable bonds is 3. The Morgan fingerprint density at radius 3 is 2.52 bits per heavy atom. The number of benzene rings is 2. The quantitative estimate of drug-likeness (QED) is 0.607. The Hall–Kier alpha value is -3.28. The van der Waals surface area contributed by atoms with Crippen molar-refractivity contribution >= 4 is 22.5 Å². The third-order valence-corrected chi connectivity index (χ3v) is 3.93. The van der Waals surface area contributed by atoms with Crippen LogP contribution in [0.5, 0.6) is 0 Å². The smallest absolute Gasteiger partial charge is 0.168 e. The number of aromatic nitrogens is 4. The van der Waals surface area contributed by atoms with E-state index in [1.807, 2.05) is 26.0 Å². The van der Waals surface area contributed by atoms with Crippen molar-refractivity contribution in [3.63, 3.8) is 0 Å². The maximum absolute atomic E-state index is 14.1. The Bertz CT molecular complexity index is 1050. The first-order valence-corrected chi connectivity index (χ1v) is 7.91. The van der Waals surface area contributed by atoms with Gasteiger partial charge < -0.3 is 5.32 Å². The molecule has 2 heterocycles. The van der Waals surface area contributed by atoms with Crippen molar-refractivity contribution in [1.29, 1.82) is 0 Å². The molecule has 0 bridgehead atoms. The molecule has 6 heteroatoms. The van der Waals surface area contributed by atoms with Crippen molar-refractivity contribution in [2.45, 2.75) is 13.8 Å². The number of para-hydroxylation sites is 1. The van der Waals surface area contributed by atoms with Crippen molar-refractivity contribution in [1.82, 2.24) is 19.7 Å². The minimum absolute atomic E-state index is 0.352. The van der Waals surface area contributed by atoms with Gasteiger partial charge in [-0.1, -0.05) is 18.2 Å². The lowest BCUT2D eigenvalue weighted by Gasteiger charge is -2.09. The van der Waals surface area contributed by atoms with Gasteiger partial charge in [0.15, 0.2) is 5.65 Å². The summed E-state index contributed by atoms with van der Waals surface area (Å²) >= 11 is 0. The summed E-state index contributed by atoms with van der Waals surface area (Å²) in [5.74, 6) is 0.285. The summed E-state index contributed by atoms with van der Waals surface area (Å²) in [5, 5.41) is 8.33. The summed E-state index contributed by atoms with van der Waals surface area (Å²) < 4.78 is 15.6. The summed E-state index contributed by atoms with van der Waals surface area (Å²) in [6.45, 7) is 4.09. The Labute approximate surface area is 144 Å². The van der Waals surface area contributed by atoms with Crippen molar-refractivity contribution in [2.75, 3.05) is 5.32 Å². The first kappa shape index (κ1) is 15.3. The van der Waals surface area contributed by atoms with Crippen LogP contribution in [-0.2, 0) is 0 Å². The number of aryl methyl sites for hydroxylation is 2. The van der Waals surface area contributed by atoms with E-state index in [2.05, 4.69) is 26.4 Å². The molecule has 0 saturated heterocycles. The van der Waals surface area contributed by atoms with E-state index in [0.29, 0.717) is 17.2 Å². The lowest BCUT2D eigenvalue weighted by molar-refractivity contribution is 0.612. The fraction of sp³-hybridized carbons (Fsp3) is 0.105. The second-order valence-electron chi connectivity index (χ2n) is 5.97. The van der Waals surface area contributed by atoms with E-state index in [4.69, 9.17) is 0 Å². The van der Waals surface area contributed by atoms with E-state index < -0.39 is 0 Å². The van der Waals surface area contributed by atoms with Gasteiger partial charge in [0.05, 0.1) is 11.6 Å². The molecule has 2 aromatic carbocycles. The highest BCUT2D eigenvalue weighted by molar-refractivity contribution is 5.89. The van der Waals surface area contributed by atoms with E-state index in [9.17, 15) is 4.39 Å². The fourth-order valence-corrected chi connectivity index (χ4v) is 2.93. The van der Waals surface area contributed by atoms with Crippen molar-refractivity contribution in [2.24, 2.45) is 0 Å². The molecule has 0 fully saturated rings. The van der Waals surface area contributed by atoms with Crippen molar-refractivity contribution in [3.05, 3.63) is 71.9 Å². The number of anilines is 2. The van der Waals surface area contributed by atoms with Gasteiger partial charge in [-0.3, -0.25) is 0 Å². The molecule has 0 atom stereocenters. The van der Waals surface area contributed by atoms with Gasteiger partial charge in [-0.15, -0.1) is 0 Å². The standard InChI is InChI=1S/C19H16FN5/c1-12-7-13(2)9-14(8-12)24-18-15-10-23-25(19(15)22-11-21-18)17-6-4-3-5-16(17)20/h3-11H,1-2H3,(H,21,22,24). The third kappa shape index (κ3) is 2.82. The number of nitrogens with one attached hydrogen (secondary N) is 1. The third-order valence-electron chi connectivity index (χ3n) is 3.93. The maximum Gasteiger partial charge on any atom is 0.168 e. The Morgan fingerprint density at radius 1 is 1.00 bits per heavy atom. The van der Waals surface area contributed by atoms with E-state index in [0.717, 1.165) is 22.2 Å². The van der Waals surface area contributed by atoms with Crippen LogP contribution in [0.15, 0.2) is 55.0 Å². The summed E-state index contributed by atoms with van der Waals surface area (Å²) in [6, 6.07) is 12.7. The van der Waals surface area contributed by atoms with Crippen LogP contribution in [0, 0.1) is 19.7 Å². The first-order valence-electron chi connectivity index (χ1n) is 7.91. The number of nitrogens with zero attached hydrogens (tertiary/aromatic N) is 4. The second kappa shape index (κ2) is 5.98. The number of hydrogen-bond acceptors (Lipinski definition) is 4. The molecule has 5 nitrogen and oxygen atoms in total. The zero-order valence-electron chi connectivity index (χ0n) is 13.9. The normalized spacial score (nSPS) is 11.0. The van der Waals surface area contributed by atoms with Crippen LogP contribution in [0.25, 0.3) is 16.7 Å². The molecular formula is C19H16FN5. The summed E-state index contributed by atoms with van der Waals surface area (Å²) in [6.07, 6.45) is 3.10. The number of halogens is 1. The highest BCUT2D eigenvalue weighted by atomic mass is 19.1. The van der Waals surface area contributed by atoms with E-state index in [1.165, 1.54) is 17.1 Å². The molecule has 1 N–H and O–H groups in total. The summed E-state index contributed by atoms with van der Waals surface area (Å²) in [4.78, 5) is 8.60. The number of fused-ring (bicyclic) bond motifs is 1. The molecule has 25 heavy (non-hydrogen) atoms. The summed E-state index contributed by atoms with van der Waals surface area (Å²) in [7, 11) is 0. The first-order chi connectivity index (χ1) is 12.1. The molecule has 0 amide bonds. The predicted molar refractivity (Wildman–Crippen MR) is 95.8 cm³/mol. The molecule has 0 saturated carbocycles. The Balaban J connectivity index is 1.81. The van der Waals surface area contributed by atoms with Gasteiger partial charge >= 0.3 is 0 Å². The van der Waals surface area contributed by atoms with Crippen molar-refractivity contribution < 1.29 is 4.39 Å². The van der Waals surface area contributed by atoms with Crippen LogP contribution in [-0.4, -0.2) is 19.7 Å². The minimum atomic E-state index is -0.352. The van der Waals surface area contributed by atoms with E-state index in [-0.39, 0.29) is 5.82 Å². The predicted octanol–water partition coefficient (Wildman–Crippen LogP) is 4.32. The van der Waals surface area contributed by atoms with Crippen LogP contribution < -0.4 is 5.32 Å². The van der Waals surface area contributed by atoms with Gasteiger partial charge in [0.2, 0.25) is 0 Å². The molecule has 0 radical (unpaired) electrons. The van der Waals surface area contributed by atoms with Crippen molar-refractivity contribution in [3.8, 4) is 5.69 Å². The molecule has 2 aromatic heterocycles. The van der Waals surface area contributed by atoms with Gasteiger partial charge in [0, 0.05) is 5.69 Å². The Kier molecular flexibility index (Phi) is 3.65. The van der Waals surface area contributed by atoms with Gasteiger partial charge in [-0.25, -0.2) is 19.0 Å². The molecule has 4 rings (SSSR count). The maximum atomic E-state index is 14.1. The zero-order chi connectivity index (χ0) is 17.4. The molecule has 0 aliphatic heterocycles. The highest BCUT2D eigenvalue weighted by Crippen LogP contribution is 2.26. The topological polar surface area (TPSA) is 55.6 Å². The van der Waals surface area contributed by atoms with Gasteiger partial charge in [0.1, 0.15) is 23.6 Å². The zero-order valence-corrected chi connectivity index (χ0v) is 13.9. The minimum Gasteiger partial charge on any atom is -0.340 e. The average molecular weight is 333 g/mol. The monoisotopic (exact) mass is 333 g/mol. The van der Waals surface area contributed by atoms with E-state index in [1.54, 1.807) is 24.4 Å². The van der Waals surface area contributed by atoms with Crippen LogP contribution in [0.4, 0.5) is 15.9 Å². The van der Waals surface area contributed by atoms with Crippen LogP contribution >= 0.6 is 0 Å². The van der Waals surface area contributed by atoms with Gasteiger partial charge in [-0.05, 0) is 49.2 Å². The van der Waals surface area contributed by atoms with Crippen LogP contribution in [0.2, 0.25) is 0 Å². The van der Waals surface area contributed by atoms with Gasteiger partial charge in [0.25, 0.3) is 0 Å². The molecular weight excluding hydrogens is 317 g/mol. The molecule has 0 aliphatic carbocycles. The molecule has 0 unspecified atom stereocenters. The van der Waals surface area contributed by atoms with Gasteiger partial charge in [-0.2, -0.15) is 5.10 Å². The molecule has 0 aliphatic rings. The average Bonchev–Trinajstić information content (AvgIpc) is 2.99.